The standard InChI is InChI=1S/C13H15IN2.C13H15N3O.C13H16N2/c1-8-2-3-9(6-8)10-4-5-11-12(7-10)15-16-13(11)14;1-3-4-12(15-9(2)17)10-5-6-11-8-14-16-13(11)7-10;1-9-2-3-10(6-9)11-4-5-12-8-14-15-13(12)7-11/h4-5,7-9H,2-3,6H2,1H3,(H,15,16);3,5-8,12H,1,4H2,2H3,(H,14,16)(H,15,17);4-5,7-10H,2-3,6H2,1H3,(H,14,15)/t8?,9-;12-;9?,10-/m111/s1. The minimum Gasteiger partial charge on any atom is -0.349 e. The zero-order chi connectivity index (χ0) is 33.6. The number of carbonyl (C=O) groups is 1. The third kappa shape index (κ3) is 8.17. The van der Waals surface area contributed by atoms with E-state index in [1.807, 2.05) is 24.4 Å². The Morgan fingerprint density at radius 1 is 0.875 bits per heavy atom. The van der Waals surface area contributed by atoms with E-state index in [1.54, 1.807) is 12.3 Å². The van der Waals surface area contributed by atoms with E-state index in [2.05, 4.69) is 115 Å². The van der Waals surface area contributed by atoms with Gasteiger partial charge in [0.1, 0.15) is 3.70 Å². The molecule has 0 bridgehead atoms. The summed E-state index contributed by atoms with van der Waals surface area (Å²) in [6.07, 6.45) is 14.3. The Morgan fingerprint density at radius 3 is 2.08 bits per heavy atom. The molecule has 0 radical (unpaired) electrons. The van der Waals surface area contributed by atoms with E-state index in [4.69, 9.17) is 0 Å². The van der Waals surface area contributed by atoms with Crippen LogP contribution in [0.25, 0.3) is 32.7 Å². The summed E-state index contributed by atoms with van der Waals surface area (Å²) in [5, 5.41) is 27.8. The van der Waals surface area contributed by atoms with Gasteiger partial charge in [-0.2, -0.15) is 15.3 Å². The Morgan fingerprint density at radius 2 is 1.48 bits per heavy atom. The smallest absolute Gasteiger partial charge is 0.217 e. The van der Waals surface area contributed by atoms with Gasteiger partial charge in [-0.15, -0.1) is 6.58 Å². The topological polar surface area (TPSA) is 115 Å². The van der Waals surface area contributed by atoms with Crippen LogP contribution in [0.2, 0.25) is 0 Å². The molecule has 9 heteroatoms. The Bertz CT molecular complexity index is 1990. The second-order valence-electron chi connectivity index (χ2n) is 13.8. The lowest BCUT2D eigenvalue weighted by Gasteiger charge is -2.16. The fraction of sp³-hybridized carbons (Fsp3) is 0.385. The maximum absolute atomic E-state index is 11.2. The first kappa shape index (κ1) is 33.9. The minimum atomic E-state index is -0.0402. The highest BCUT2D eigenvalue weighted by Crippen LogP contribution is 2.39. The summed E-state index contributed by atoms with van der Waals surface area (Å²) in [4.78, 5) is 11.2. The number of carbonyl (C=O) groups excluding carboxylic acids is 1. The van der Waals surface area contributed by atoms with Gasteiger partial charge in [0.05, 0.1) is 35.0 Å². The molecule has 0 aliphatic heterocycles. The van der Waals surface area contributed by atoms with Crippen LogP contribution in [0.15, 0.2) is 79.6 Å². The number of fused-ring (bicyclic) bond motifs is 3. The molecule has 5 atom stereocenters. The number of H-pyrrole nitrogens is 3. The van der Waals surface area contributed by atoms with Gasteiger partial charge in [-0.25, -0.2) is 0 Å². The van der Waals surface area contributed by atoms with Crippen molar-refractivity contribution in [1.82, 2.24) is 35.9 Å². The van der Waals surface area contributed by atoms with E-state index in [0.29, 0.717) is 6.42 Å². The van der Waals surface area contributed by atoms with Gasteiger partial charge < -0.3 is 5.32 Å². The Kier molecular flexibility index (Phi) is 10.9. The second-order valence-corrected chi connectivity index (χ2v) is 14.8. The fourth-order valence-corrected chi connectivity index (χ4v) is 7.92. The highest BCUT2D eigenvalue weighted by Gasteiger charge is 2.24. The van der Waals surface area contributed by atoms with Crippen LogP contribution in [0.4, 0.5) is 0 Å². The zero-order valence-electron chi connectivity index (χ0n) is 28.1. The van der Waals surface area contributed by atoms with Gasteiger partial charge in [-0.05, 0) is 119 Å². The summed E-state index contributed by atoms with van der Waals surface area (Å²) < 4.78 is 1.14. The van der Waals surface area contributed by atoms with Gasteiger partial charge in [0.25, 0.3) is 0 Å². The Labute approximate surface area is 296 Å². The van der Waals surface area contributed by atoms with Crippen molar-refractivity contribution in [2.45, 2.75) is 83.6 Å². The Balaban J connectivity index is 0.000000126. The maximum atomic E-state index is 11.2. The molecule has 2 aliphatic rings. The monoisotopic (exact) mass is 755 g/mol. The molecular weight excluding hydrogens is 709 g/mol. The van der Waals surface area contributed by atoms with Gasteiger partial charge in [-0.3, -0.25) is 20.1 Å². The lowest BCUT2D eigenvalue weighted by atomic mass is 9.96. The van der Waals surface area contributed by atoms with Crippen molar-refractivity contribution in [2.75, 3.05) is 0 Å². The number of nitrogens with zero attached hydrogens (tertiary/aromatic N) is 3. The summed E-state index contributed by atoms with van der Waals surface area (Å²) in [5.41, 5.74) is 7.27. The number of halogens is 1. The highest BCUT2D eigenvalue weighted by molar-refractivity contribution is 14.1. The molecule has 8 nitrogen and oxygen atoms in total. The SMILES string of the molecule is C=CC[C@@H](NC(C)=O)c1ccc2cn[nH]c2c1.CC1CC[C@@H](c2ccc3c(I)[nH]nc3c2)C1.CC1CC[C@@H](c2ccc3cn[nH]c3c2)C1. The van der Waals surface area contributed by atoms with Gasteiger partial charge in [0.15, 0.2) is 0 Å². The predicted octanol–water partition coefficient (Wildman–Crippen LogP) is 9.85. The average Bonchev–Trinajstić information content (AvgIpc) is 3.93. The van der Waals surface area contributed by atoms with Gasteiger partial charge in [0.2, 0.25) is 5.91 Å². The van der Waals surface area contributed by atoms with Crippen molar-refractivity contribution < 1.29 is 4.79 Å². The maximum Gasteiger partial charge on any atom is 0.217 e. The molecule has 4 N–H and O–H groups in total. The van der Waals surface area contributed by atoms with Crippen molar-refractivity contribution in [3.63, 3.8) is 0 Å². The van der Waals surface area contributed by atoms with E-state index >= 15 is 0 Å². The quantitative estimate of drug-likeness (QED) is 0.100. The van der Waals surface area contributed by atoms with Crippen LogP contribution in [0.1, 0.15) is 100 Å². The molecule has 2 fully saturated rings. The predicted molar refractivity (Wildman–Crippen MR) is 204 cm³/mol. The Hall–Kier alpha value is -3.99. The number of aromatic nitrogens is 6. The first-order chi connectivity index (χ1) is 23.3. The van der Waals surface area contributed by atoms with E-state index in [1.165, 1.54) is 72.9 Å². The lowest BCUT2D eigenvalue weighted by Crippen LogP contribution is -2.25. The molecule has 0 spiro atoms. The molecule has 2 aliphatic carbocycles. The number of amides is 1. The molecular formula is C39H46IN7O. The number of benzene rings is 3. The third-order valence-electron chi connectivity index (χ3n) is 9.98. The fourth-order valence-electron chi connectivity index (χ4n) is 7.34. The number of aromatic amines is 3. The van der Waals surface area contributed by atoms with Crippen molar-refractivity contribution >= 4 is 61.2 Å². The van der Waals surface area contributed by atoms with E-state index in [9.17, 15) is 4.79 Å². The van der Waals surface area contributed by atoms with Crippen molar-refractivity contribution in [3.05, 3.63) is 100 Å². The molecule has 2 saturated carbocycles. The second kappa shape index (κ2) is 15.5. The first-order valence-electron chi connectivity index (χ1n) is 17.1. The van der Waals surface area contributed by atoms with Crippen LogP contribution in [0.5, 0.6) is 0 Å². The van der Waals surface area contributed by atoms with Crippen LogP contribution in [-0.4, -0.2) is 36.5 Å². The molecule has 2 unspecified atom stereocenters. The number of nitrogens with one attached hydrogen (secondary N) is 4. The van der Waals surface area contributed by atoms with Crippen molar-refractivity contribution in [3.8, 4) is 0 Å². The van der Waals surface area contributed by atoms with Crippen LogP contribution >= 0.6 is 22.6 Å². The summed E-state index contributed by atoms with van der Waals surface area (Å²) in [6.45, 7) is 9.95. The van der Waals surface area contributed by atoms with Gasteiger partial charge >= 0.3 is 0 Å². The number of hydrogen-bond acceptors (Lipinski definition) is 4. The first-order valence-corrected chi connectivity index (χ1v) is 18.2. The van der Waals surface area contributed by atoms with E-state index in [-0.39, 0.29) is 11.9 Å². The summed E-state index contributed by atoms with van der Waals surface area (Å²) in [5.74, 6) is 3.27. The van der Waals surface area contributed by atoms with Crippen LogP contribution in [-0.2, 0) is 4.79 Å². The minimum absolute atomic E-state index is 0.0299. The molecule has 8 rings (SSSR count). The summed E-state index contributed by atoms with van der Waals surface area (Å²) >= 11 is 2.30. The lowest BCUT2D eigenvalue weighted by molar-refractivity contribution is -0.119. The molecule has 250 valence electrons. The highest BCUT2D eigenvalue weighted by atomic mass is 127. The zero-order valence-corrected chi connectivity index (χ0v) is 30.3. The third-order valence-corrected chi connectivity index (χ3v) is 10.8. The number of rotatable bonds is 6. The van der Waals surface area contributed by atoms with Crippen LogP contribution in [0, 0.1) is 15.5 Å². The van der Waals surface area contributed by atoms with Crippen LogP contribution in [0.3, 0.4) is 0 Å². The van der Waals surface area contributed by atoms with Crippen molar-refractivity contribution in [1.29, 1.82) is 0 Å². The molecule has 0 saturated heterocycles. The van der Waals surface area contributed by atoms with Crippen LogP contribution < -0.4 is 5.32 Å². The molecule has 48 heavy (non-hydrogen) atoms. The summed E-state index contributed by atoms with van der Waals surface area (Å²) in [6, 6.07) is 19.4. The summed E-state index contributed by atoms with van der Waals surface area (Å²) in [7, 11) is 0. The average molecular weight is 756 g/mol. The normalized spacial score (nSPS) is 21.0. The van der Waals surface area contributed by atoms with Crippen molar-refractivity contribution in [2.24, 2.45) is 11.8 Å². The van der Waals surface area contributed by atoms with E-state index < -0.39 is 0 Å². The molecule has 3 aromatic heterocycles. The molecule has 3 heterocycles. The van der Waals surface area contributed by atoms with E-state index in [0.717, 1.165) is 49.4 Å². The molecule has 1 amide bonds. The number of hydrogen-bond donors (Lipinski definition) is 4. The van der Waals surface area contributed by atoms with Gasteiger partial charge in [0, 0.05) is 23.1 Å². The largest absolute Gasteiger partial charge is 0.349 e. The van der Waals surface area contributed by atoms with Gasteiger partial charge in [-0.1, -0.05) is 63.1 Å². The molecule has 3 aromatic carbocycles. The molecule has 6 aromatic rings.